The Morgan fingerprint density at radius 1 is 1.15 bits per heavy atom. The average Bonchev–Trinajstić information content (AvgIpc) is 2.85. The molecule has 0 aliphatic carbocycles. The molecule has 0 aliphatic rings. The molecule has 3 amide bonds. The van der Waals surface area contributed by atoms with E-state index < -0.39 is 53.1 Å². The number of amides is 3. The Labute approximate surface area is 234 Å². The molecule has 0 bridgehead atoms. The molecule has 0 radical (unpaired) electrons. The fraction of sp³-hybridized carbons (Fsp3) is 0.500. The fourth-order valence-corrected chi connectivity index (χ4v) is 3.09. The van der Waals surface area contributed by atoms with Gasteiger partial charge in [0.05, 0.1) is 12.2 Å². The second-order valence-electron chi connectivity index (χ2n) is 9.94. The number of ether oxygens (including phenoxy) is 2. The van der Waals surface area contributed by atoms with Gasteiger partial charge in [-0.1, -0.05) is 25.5 Å². The number of ketones is 1. The molecule has 0 saturated carbocycles. The van der Waals surface area contributed by atoms with Crippen molar-refractivity contribution in [2.24, 2.45) is 0 Å². The molecule has 0 aromatic carbocycles. The first-order valence-corrected chi connectivity index (χ1v) is 12.9. The normalized spacial score (nSPS) is 13.2. The number of carbonyl (C=O) groups is 5. The van der Waals surface area contributed by atoms with Crippen LogP contribution in [0.25, 0.3) is 0 Å². The second kappa shape index (κ2) is 16.1. The molecule has 0 aliphatic heterocycles. The number of carbonyl (C=O) groups excluding carboxylic acids is 5. The van der Waals surface area contributed by atoms with Crippen molar-refractivity contribution in [2.75, 3.05) is 0 Å². The summed E-state index contributed by atoms with van der Waals surface area (Å²) in [6, 6.07) is 1.18. The Kier molecular flexibility index (Phi) is 13.7. The quantitative estimate of drug-likeness (QED) is 0.187. The van der Waals surface area contributed by atoms with E-state index in [4.69, 9.17) is 9.47 Å². The van der Waals surface area contributed by atoms with Crippen LogP contribution in [-0.4, -0.2) is 52.4 Å². The third-order valence-electron chi connectivity index (χ3n) is 4.98. The zero-order valence-electron chi connectivity index (χ0n) is 24.1. The molecule has 220 valence electrons. The first-order chi connectivity index (χ1) is 18.7. The highest BCUT2D eigenvalue weighted by atomic mass is 19.1. The van der Waals surface area contributed by atoms with Crippen molar-refractivity contribution in [1.29, 1.82) is 0 Å². The highest BCUT2D eigenvalue weighted by Gasteiger charge is 2.24. The summed E-state index contributed by atoms with van der Waals surface area (Å²) in [6.07, 6.45) is 4.85. The van der Waals surface area contributed by atoms with E-state index in [-0.39, 0.29) is 30.1 Å². The summed E-state index contributed by atoms with van der Waals surface area (Å²) in [5.74, 6) is -3.73. The molecule has 1 aromatic rings. The monoisotopic (exact) mass is 562 g/mol. The molecule has 3 N–H and O–H groups in total. The summed E-state index contributed by atoms with van der Waals surface area (Å²) < 4.78 is 24.9. The van der Waals surface area contributed by atoms with E-state index in [9.17, 15) is 28.4 Å². The second-order valence-corrected chi connectivity index (χ2v) is 9.94. The van der Waals surface area contributed by atoms with Gasteiger partial charge in [0.15, 0.2) is 11.5 Å². The molecule has 11 nitrogen and oxygen atoms in total. The lowest BCUT2D eigenvalue weighted by Crippen LogP contribution is -2.44. The maximum absolute atomic E-state index is 14.4. The molecule has 2 atom stereocenters. The van der Waals surface area contributed by atoms with E-state index in [2.05, 4.69) is 20.9 Å². The molecule has 1 aromatic heterocycles. The molecule has 12 heteroatoms. The molecule has 1 heterocycles. The van der Waals surface area contributed by atoms with Crippen LogP contribution < -0.4 is 16.0 Å². The molecule has 0 fully saturated rings. The maximum Gasteiger partial charge on any atom is 0.407 e. The number of nitrogens with one attached hydrogen (secondary N) is 3. The minimum Gasteiger partial charge on any atom is -0.456 e. The van der Waals surface area contributed by atoms with Crippen LogP contribution in [0.5, 0.6) is 0 Å². The van der Waals surface area contributed by atoms with E-state index >= 15 is 0 Å². The van der Waals surface area contributed by atoms with Crippen LogP contribution in [0.2, 0.25) is 0 Å². The van der Waals surface area contributed by atoms with Gasteiger partial charge in [-0.2, -0.15) is 0 Å². The van der Waals surface area contributed by atoms with E-state index in [1.807, 2.05) is 13.0 Å². The largest absolute Gasteiger partial charge is 0.456 e. The van der Waals surface area contributed by atoms with Gasteiger partial charge >= 0.3 is 12.1 Å². The summed E-state index contributed by atoms with van der Waals surface area (Å²) in [4.78, 5) is 65.3. The van der Waals surface area contributed by atoms with Crippen molar-refractivity contribution in [3.05, 3.63) is 53.3 Å². The number of hydrogen-bond acceptors (Lipinski definition) is 8. The molecule has 0 saturated heterocycles. The van der Waals surface area contributed by atoms with E-state index in [1.165, 1.54) is 32.9 Å². The Balaban J connectivity index is 2.84. The Morgan fingerprint density at radius 2 is 1.82 bits per heavy atom. The molecular formula is C28H39FN4O7. The third-order valence-corrected chi connectivity index (χ3v) is 4.98. The number of rotatable bonds is 13. The fourth-order valence-electron chi connectivity index (χ4n) is 3.09. The molecule has 0 unspecified atom stereocenters. The summed E-state index contributed by atoms with van der Waals surface area (Å²) in [5.41, 5.74) is -1.40. The zero-order chi connectivity index (χ0) is 30.5. The van der Waals surface area contributed by atoms with Crippen molar-refractivity contribution in [3.8, 4) is 0 Å². The Hall–Kier alpha value is -4.09. The summed E-state index contributed by atoms with van der Waals surface area (Å²) in [7, 11) is 0. The number of pyridine rings is 1. The standard InChI is InChI=1S/C28H39FN4O7/c1-8-10-11-12-20(15-17(3)34)39-26(37)18(4)31-24(35)22(9-2)33-25(36)23-21(29)14-13-19(32-23)16-30-27(38)40-28(5,6)7/h9,11-14,18,20H,8,10,15-16H2,1-7H3,(H,30,38)(H,31,35)(H,33,36)/b12-11+,22-9-/t18-,20+/m0/s1. The predicted molar refractivity (Wildman–Crippen MR) is 145 cm³/mol. The highest BCUT2D eigenvalue weighted by molar-refractivity contribution is 6.03. The van der Waals surface area contributed by atoms with Crippen molar-refractivity contribution in [1.82, 2.24) is 20.9 Å². The minimum atomic E-state index is -1.12. The maximum atomic E-state index is 14.4. The third kappa shape index (κ3) is 12.6. The summed E-state index contributed by atoms with van der Waals surface area (Å²) >= 11 is 0. The first-order valence-electron chi connectivity index (χ1n) is 12.9. The summed E-state index contributed by atoms with van der Waals surface area (Å²) in [5, 5.41) is 7.15. The lowest BCUT2D eigenvalue weighted by molar-refractivity contribution is -0.150. The lowest BCUT2D eigenvalue weighted by atomic mass is 10.1. The SMILES string of the molecule is C/C=C(\NC(=O)c1nc(CNC(=O)OC(C)(C)C)ccc1F)C(=O)N[C@@H](C)C(=O)O[C@H](/C=C/CCC)CC(C)=O. The van der Waals surface area contributed by atoms with Crippen LogP contribution >= 0.6 is 0 Å². The number of alkyl carbamates (subject to hydrolysis) is 1. The van der Waals surface area contributed by atoms with Gasteiger partial charge in [-0.05, 0) is 66.2 Å². The molecule has 1 rings (SSSR count). The van der Waals surface area contributed by atoms with Crippen molar-refractivity contribution in [2.45, 2.75) is 92.0 Å². The molecule has 40 heavy (non-hydrogen) atoms. The van der Waals surface area contributed by atoms with Gasteiger partial charge in [0.1, 0.15) is 29.2 Å². The first kappa shape index (κ1) is 33.9. The number of unbranched alkanes of at least 4 members (excludes halogenated alkanes) is 1. The number of Topliss-reactive ketones (excluding diaryl/α,β-unsaturated/α-hetero) is 1. The van der Waals surface area contributed by atoms with Crippen LogP contribution in [0.3, 0.4) is 0 Å². The Morgan fingerprint density at radius 3 is 2.40 bits per heavy atom. The molecular weight excluding hydrogens is 523 g/mol. The number of hydrogen-bond donors (Lipinski definition) is 3. The zero-order valence-corrected chi connectivity index (χ0v) is 24.1. The van der Waals surface area contributed by atoms with Crippen LogP contribution in [0, 0.1) is 5.82 Å². The van der Waals surface area contributed by atoms with Crippen LogP contribution in [-0.2, 0) is 30.4 Å². The average molecular weight is 563 g/mol. The van der Waals surface area contributed by atoms with Crippen molar-refractivity contribution < 1.29 is 37.8 Å². The topological polar surface area (TPSA) is 153 Å². The van der Waals surface area contributed by atoms with Gasteiger partial charge in [0.2, 0.25) is 0 Å². The minimum absolute atomic E-state index is 0.00624. The smallest absolute Gasteiger partial charge is 0.407 e. The van der Waals surface area contributed by atoms with Gasteiger partial charge in [-0.15, -0.1) is 0 Å². The van der Waals surface area contributed by atoms with Crippen molar-refractivity contribution >= 4 is 29.7 Å². The number of allylic oxidation sites excluding steroid dienone is 2. The van der Waals surface area contributed by atoms with E-state index in [0.717, 1.165) is 18.9 Å². The van der Waals surface area contributed by atoms with Gasteiger partial charge in [0, 0.05) is 6.42 Å². The van der Waals surface area contributed by atoms with Gasteiger partial charge in [-0.3, -0.25) is 14.4 Å². The van der Waals surface area contributed by atoms with E-state index in [1.54, 1.807) is 26.8 Å². The predicted octanol–water partition coefficient (Wildman–Crippen LogP) is 3.63. The van der Waals surface area contributed by atoms with Gasteiger partial charge in [-0.25, -0.2) is 19.0 Å². The van der Waals surface area contributed by atoms with Crippen LogP contribution in [0.1, 0.15) is 83.9 Å². The van der Waals surface area contributed by atoms with Gasteiger partial charge < -0.3 is 25.4 Å². The lowest BCUT2D eigenvalue weighted by Gasteiger charge is -2.19. The highest BCUT2D eigenvalue weighted by Crippen LogP contribution is 2.10. The van der Waals surface area contributed by atoms with Crippen LogP contribution in [0.4, 0.5) is 9.18 Å². The number of esters is 1. The van der Waals surface area contributed by atoms with Gasteiger partial charge in [0.25, 0.3) is 11.8 Å². The Bertz CT molecular complexity index is 1140. The van der Waals surface area contributed by atoms with E-state index in [0.29, 0.717) is 0 Å². The number of halogens is 1. The molecule has 0 spiro atoms. The number of nitrogens with zero attached hydrogens (tertiary/aromatic N) is 1. The number of aromatic nitrogens is 1. The summed E-state index contributed by atoms with van der Waals surface area (Å²) in [6.45, 7) is 11.2. The van der Waals surface area contributed by atoms with Crippen LogP contribution in [0.15, 0.2) is 36.1 Å². The van der Waals surface area contributed by atoms with Crippen molar-refractivity contribution in [3.63, 3.8) is 0 Å².